The zero-order chi connectivity index (χ0) is 18.8. The van der Waals surface area contributed by atoms with Crippen molar-refractivity contribution in [1.82, 2.24) is 20.9 Å². The van der Waals surface area contributed by atoms with E-state index in [2.05, 4.69) is 27.8 Å². The maximum atomic E-state index is 11.7. The molecule has 1 aromatic heterocycles. The first-order valence-corrected chi connectivity index (χ1v) is 9.15. The summed E-state index contributed by atoms with van der Waals surface area (Å²) in [5.74, 6) is -0.996. The molecule has 8 nitrogen and oxygen atoms in total. The van der Waals surface area contributed by atoms with Crippen LogP contribution in [0.1, 0.15) is 43.2 Å². The number of rotatable bonds is 9. The molecule has 0 spiro atoms. The van der Waals surface area contributed by atoms with Gasteiger partial charge in [0.05, 0.1) is 19.4 Å². The number of hydrogen-bond donors (Lipinski definition) is 3. The summed E-state index contributed by atoms with van der Waals surface area (Å²) in [6.45, 7) is 4.64. The smallest absolute Gasteiger partial charge is 0.287 e. The Hall–Kier alpha value is -2.35. The van der Waals surface area contributed by atoms with Gasteiger partial charge >= 0.3 is 0 Å². The molecule has 3 N–H and O–H groups in total. The van der Waals surface area contributed by atoms with Crippen LogP contribution < -0.4 is 16.0 Å². The molecule has 1 atom stereocenters. The van der Waals surface area contributed by atoms with E-state index in [0.717, 1.165) is 19.5 Å². The molecule has 2 rings (SSSR count). The number of furan rings is 1. The molecule has 26 heavy (non-hydrogen) atoms. The Morgan fingerprint density at radius 3 is 2.65 bits per heavy atom. The first kappa shape index (κ1) is 20.0. The molecule has 3 amide bonds. The molecule has 0 aliphatic carbocycles. The zero-order valence-electron chi connectivity index (χ0n) is 15.3. The van der Waals surface area contributed by atoms with Gasteiger partial charge in [-0.05, 0) is 44.9 Å². The number of likely N-dealkylation sites (tertiary alicyclic amines) is 1. The summed E-state index contributed by atoms with van der Waals surface area (Å²) in [5.41, 5.74) is 0. The summed E-state index contributed by atoms with van der Waals surface area (Å²) in [6.07, 6.45) is 6.07. The number of carbonyl (C=O) groups excluding carboxylic acids is 3. The van der Waals surface area contributed by atoms with Crippen molar-refractivity contribution in [2.45, 2.75) is 38.6 Å². The van der Waals surface area contributed by atoms with Crippen molar-refractivity contribution in [3.8, 4) is 0 Å². The van der Waals surface area contributed by atoms with Crippen molar-refractivity contribution >= 4 is 17.7 Å². The summed E-state index contributed by atoms with van der Waals surface area (Å²) in [5, 5.41) is 7.69. The van der Waals surface area contributed by atoms with E-state index in [9.17, 15) is 14.4 Å². The van der Waals surface area contributed by atoms with E-state index in [-0.39, 0.29) is 24.8 Å². The van der Waals surface area contributed by atoms with Gasteiger partial charge < -0.3 is 25.3 Å². The van der Waals surface area contributed by atoms with Gasteiger partial charge in [-0.1, -0.05) is 6.42 Å². The van der Waals surface area contributed by atoms with Crippen molar-refractivity contribution in [1.29, 1.82) is 0 Å². The molecule has 0 unspecified atom stereocenters. The van der Waals surface area contributed by atoms with Crippen LogP contribution in [0, 0.1) is 0 Å². The number of piperidine rings is 1. The Balaban J connectivity index is 1.51. The van der Waals surface area contributed by atoms with Crippen LogP contribution in [0.2, 0.25) is 0 Å². The first-order chi connectivity index (χ1) is 12.6. The summed E-state index contributed by atoms with van der Waals surface area (Å²) in [4.78, 5) is 37.5. The van der Waals surface area contributed by atoms with E-state index < -0.39 is 11.8 Å². The Morgan fingerprint density at radius 1 is 1.15 bits per heavy atom. The molecule has 2 heterocycles. The first-order valence-electron chi connectivity index (χ1n) is 9.15. The molecule has 0 bridgehead atoms. The van der Waals surface area contributed by atoms with Crippen molar-refractivity contribution in [3.05, 3.63) is 24.2 Å². The lowest BCUT2D eigenvalue weighted by atomic mass is 10.0. The molecule has 1 aromatic rings. The van der Waals surface area contributed by atoms with Gasteiger partial charge in [0.2, 0.25) is 11.8 Å². The minimum atomic E-state index is -0.471. The van der Waals surface area contributed by atoms with Gasteiger partial charge in [-0.2, -0.15) is 0 Å². The second-order valence-electron chi connectivity index (χ2n) is 6.52. The van der Waals surface area contributed by atoms with E-state index in [1.807, 2.05) is 0 Å². The normalized spacial score (nSPS) is 17.5. The van der Waals surface area contributed by atoms with Crippen molar-refractivity contribution in [2.75, 3.05) is 32.7 Å². The molecular formula is C18H28N4O4. The predicted octanol–water partition coefficient (Wildman–Crippen LogP) is 0.506. The van der Waals surface area contributed by atoms with Crippen LogP contribution in [0.4, 0.5) is 0 Å². The SMILES string of the molecule is C[C@H]1CCCCN1CCCNC(=O)CNC(=O)CNC(=O)c1ccco1. The maximum Gasteiger partial charge on any atom is 0.287 e. The number of amides is 3. The molecule has 0 radical (unpaired) electrons. The topological polar surface area (TPSA) is 104 Å². The molecule has 8 heteroatoms. The highest BCUT2D eigenvalue weighted by Gasteiger charge is 2.17. The van der Waals surface area contributed by atoms with Gasteiger partial charge in [0, 0.05) is 19.1 Å². The molecule has 1 aliphatic rings. The van der Waals surface area contributed by atoms with Crippen LogP contribution in [0.5, 0.6) is 0 Å². The Labute approximate surface area is 153 Å². The number of nitrogens with one attached hydrogen (secondary N) is 3. The van der Waals surface area contributed by atoms with Crippen LogP contribution in [0.15, 0.2) is 22.8 Å². The van der Waals surface area contributed by atoms with Crippen LogP contribution in [0.3, 0.4) is 0 Å². The fourth-order valence-corrected chi connectivity index (χ4v) is 2.96. The highest BCUT2D eigenvalue weighted by atomic mass is 16.3. The third-order valence-corrected chi connectivity index (χ3v) is 4.49. The van der Waals surface area contributed by atoms with Crippen LogP contribution in [-0.2, 0) is 9.59 Å². The van der Waals surface area contributed by atoms with Crippen molar-refractivity contribution < 1.29 is 18.8 Å². The maximum absolute atomic E-state index is 11.7. The molecule has 1 aliphatic heterocycles. The lowest BCUT2D eigenvalue weighted by Crippen LogP contribution is -2.43. The third-order valence-electron chi connectivity index (χ3n) is 4.49. The van der Waals surface area contributed by atoms with Gasteiger partial charge in [-0.15, -0.1) is 0 Å². The standard InChI is InChI=1S/C18H28N4O4/c1-14-6-2-3-9-22(14)10-5-8-19-16(23)12-20-17(24)13-21-18(25)15-7-4-11-26-15/h4,7,11,14H,2-3,5-6,8-10,12-13H2,1H3,(H,19,23)(H,20,24)(H,21,25)/t14-/m0/s1. The Kier molecular flexibility index (Phi) is 8.14. The van der Waals surface area contributed by atoms with E-state index in [1.54, 1.807) is 6.07 Å². The molecule has 0 saturated carbocycles. The largest absolute Gasteiger partial charge is 0.459 e. The molecule has 1 fully saturated rings. The highest BCUT2D eigenvalue weighted by Crippen LogP contribution is 2.15. The van der Waals surface area contributed by atoms with Crippen LogP contribution in [0.25, 0.3) is 0 Å². The van der Waals surface area contributed by atoms with Gasteiger partial charge in [0.25, 0.3) is 5.91 Å². The summed E-state index contributed by atoms with van der Waals surface area (Å²) >= 11 is 0. The van der Waals surface area contributed by atoms with Crippen LogP contribution in [-0.4, -0.2) is 61.4 Å². The summed E-state index contributed by atoms with van der Waals surface area (Å²) in [6, 6.07) is 3.71. The lowest BCUT2D eigenvalue weighted by Gasteiger charge is -2.33. The van der Waals surface area contributed by atoms with E-state index in [1.165, 1.54) is 31.6 Å². The predicted molar refractivity (Wildman–Crippen MR) is 96.6 cm³/mol. The van der Waals surface area contributed by atoms with Gasteiger partial charge in [0.1, 0.15) is 0 Å². The molecule has 144 valence electrons. The van der Waals surface area contributed by atoms with Gasteiger partial charge in [0.15, 0.2) is 5.76 Å². The van der Waals surface area contributed by atoms with E-state index in [0.29, 0.717) is 12.6 Å². The van der Waals surface area contributed by atoms with Crippen molar-refractivity contribution in [2.24, 2.45) is 0 Å². The van der Waals surface area contributed by atoms with E-state index >= 15 is 0 Å². The number of hydrogen-bond acceptors (Lipinski definition) is 5. The monoisotopic (exact) mass is 364 g/mol. The second kappa shape index (κ2) is 10.6. The number of nitrogens with zero attached hydrogens (tertiary/aromatic N) is 1. The number of carbonyl (C=O) groups is 3. The minimum absolute atomic E-state index is 0.102. The Morgan fingerprint density at radius 2 is 1.92 bits per heavy atom. The fourth-order valence-electron chi connectivity index (χ4n) is 2.96. The van der Waals surface area contributed by atoms with E-state index in [4.69, 9.17) is 4.42 Å². The molecule has 0 aromatic carbocycles. The molecular weight excluding hydrogens is 336 g/mol. The van der Waals surface area contributed by atoms with Crippen molar-refractivity contribution in [3.63, 3.8) is 0 Å². The highest BCUT2D eigenvalue weighted by molar-refractivity contribution is 5.94. The second-order valence-corrected chi connectivity index (χ2v) is 6.52. The Bertz CT molecular complexity index is 588. The molecule has 1 saturated heterocycles. The summed E-state index contributed by atoms with van der Waals surface area (Å²) in [7, 11) is 0. The average molecular weight is 364 g/mol. The zero-order valence-corrected chi connectivity index (χ0v) is 15.3. The van der Waals surface area contributed by atoms with Gasteiger partial charge in [-0.25, -0.2) is 0 Å². The minimum Gasteiger partial charge on any atom is -0.459 e. The average Bonchev–Trinajstić information content (AvgIpc) is 3.17. The van der Waals surface area contributed by atoms with Crippen LogP contribution >= 0.6 is 0 Å². The fraction of sp³-hybridized carbons (Fsp3) is 0.611. The summed E-state index contributed by atoms with van der Waals surface area (Å²) < 4.78 is 4.92. The van der Waals surface area contributed by atoms with Gasteiger partial charge in [-0.3, -0.25) is 14.4 Å². The lowest BCUT2D eigenvalue weighted by molar-refractivity contribution is -0.125. The third kappa shape index (κ3) is 6.87. The quantitative estimate of drug-likeness (QED) is 0.554.